The van der Waals surface area contributed by atoms with Gasteiger partial charge in [-0.3, -0.25) is 0 Å². The van der Waals surface area contributed by atoms with Crippen molar-refractivity contribution in [3.05, 3.63) is 54.1 Å². The average molecular weight is 322 g/mol. The van der Waals surface area contributed by atoms with E-state index in [9.17, 15) is 13.2 Å². The second-order valence-electron chi connectivity index (χ2n) is 4.24. The van der Waals surface area contributed by atoms with Crippen LogP contribution in [0.5, 0.6) is 11.5 Å². The lowest BCUT2D eigenvalue weighted by molar-refractivity contribution is 0.0600. The molecule has 0 bridgehead atoms. The maximum atomic E-state index is 12.2. The molecule has 2 aromatic carbocycles. The predicted octanol–water partition coefficient (Wildman–Crippen LogP) is 2.25. The largest absolute Gasteiger partial charge is 0.497 e. The van der Waals surface area contributed by atoms with Crippen molar-refractivity contribution < 1.29 is 26.9 Å². The van der Waals surface area contributed by atoms with E-state index < -0.39 is 16.1 Å². The quantitative estimate of drug-likeness (QED) is 0.620. The van der Waals surface area contributed by atoms with Gasteiger partial charge in [-0.05, 0) is 30.3 Å². The molecule has 22 heavy (non-hydrogen) atoms. The third-order valence-corrected chi connectivity index (χ3v) is 4.03. The Morgan fingerprint density at radius 3 is 2.32 bits per heavy atom. The molecule has 0 aliphatic carbocycles. The summed E-state index contributed by atoms with van der Waals surface area (Å²) in [6.07, 6.45) is 0. The molecular formula is C15H14O6S. The van der Waals surface area contributed by atoms with E-state index in [4.69, 9.17) is 8.92 Å². The standard InChI is InChI=1S/C15H14O6S/c1-19-12-6-4-7-13(10-12)21-22(17,18)14-8-3-5-11(9-14)15(16)20-2/h3-10H,1-2H3. The Labute approximate surface area is 128 Å². The lowest BCUT2D eigenvalue weighted by Gasteiger charge is -2.09. The maximum Gasteiger partial charge on any atom is 0.339 e. The van der Waals surface area contributed by atoms with Gasteiger partial charge in [0.15, 0.2) is 0 Å². The van der Waals surface area contributed by atoms with E-state index in [2.05, 4.69) is 4.74 Å². The second kappa shape index (κ2) is 6.48. The van der Waals surface area contributed by atoms with Gasteiger partial charge in [0.05, 0.1) is 19.8 Å². The summed E-state index contributed by atoms with van der Waals surface area (Å²) >= 11 is 0. The van der Waals surface area contributed by atoms with E-state index in [1.165, 1.54) is 50.6 Å². The fourth-order valence-corrected chi connectivity index (χ4v) is 2.69. The number of hydrogen-bond donors (Lipinski definition) is 0. The Bertz CT molecular complexity index is 782. The number of methoxy groups -OCH3 is 2. The lowest BCUT2D eigenvalue weighted by atomic mass is 10.2. The highest BCUT2D eigenvalue weighted by Gasteiger charge is 2.19. The van der Waals surface area contributed by atoms with Gasteiger partial charge in [0.1, 0.15) is 16.4 Å². The van der Waals surface area contributed by atoms with Crippen molar-refractivity contribution >= 4 is 16.1 Å². The molecule has 116 valence electrons. The fraction of sp³-hybridized carbons (Fsp3) is 0.133. The van der Waals surface area contributed by atoms with Crippen molar-refractivity contribution in [3.63, 3.8) is 0 Å². The van der Waals surface area contributed by atoms with Gasteiger partial charge >= 0.3 is 16.1 Å². The third kappa shape index (κ3) is 3.56. The highest BCUT2D eigenvalue weighted by molar-refractivity contribution is 7.87. The minimum Gasteiger partial charge on any atom is -0.497 e. The Balaban J connectivity index is 2.32. The summed E-state index contributed by atoms with van der Waals surface area (Å²) in [5.74, 6) is -0.0442. The van der Waals surface area contributed by atoms with E-state index in [1.54, 1.807) is 12.1 Å². The van der Waals surface area contributed by atoms with Crippen molar-refractivity contribution in [2.75, 3.05) is 14.2 Å². The number of rotatable bonds is 5. The van der Waals surface area contributed by atoms with Crippen LogP contribution in [0.2, 0.25) is 0 Å². The van der Waals surface area contributed by atoms with Crippen LogP contribution < -0.4 is 8.92 Å². The van der Waals surface area contributed by atoms with Crippen LogP contribution in [-0.2, 0) is 14.9 Å². The summed E-state index contributed by atoms with van der Waals surface area (Å²) < 4.78 is 39.1. The summed E-state index contributed by atoms with van der Waals surface area (Å²) in [5, 5.41) is 0. The molecule has 2 aromatic rings. The van der Waals surface area contributed by atoms with E-state index in [1.807, 2.05) is 0 Å². The Hall–Kier alpha value is -2.54. The minimum absolute atomic E-state index is 0.114. The average Bonchev–Trinajstić information content (AvgIpc) is 2.54. The topological polar surface area (TPSA) is 78.9 Å². The number of hydrogen-bond acceptors (Lipinski definition) is 6. The molecule has 0 heterocycles. The highest BCUT2D eigenvalue weighted by Crippen LogP contribution is 2.23. The van der Waals surface area contributed by atoms with Crippen molar-refractivity contribution in [1.29, 1.82) is 0 Å². The van der Waals surface area contributed by atoms with E-state index in [0.717, 1.165) is 0 Å². The maximum absolute atomic E-state index is 12.2. The molecule has 0 N–H and O–H groups in total. The highest BCUT2D eigenvalue weighted by atomic mass is 32.2. The molecular weight excluding hydrogens is 308 g/mol. The summed E-state index contributed by atoms with van der Waals surface area (Å²) in [4.78, 5) is 11.3. The fourth-order valence-electron chi connectivity index (χ4n) is 1.72. The van der Waals surface area contributed by atoms with Gasteiger partial charge in [0.2, 0.25) is 0 Å². The van der Waals surface area contributed by atoms with Gasteiger partial charge in [-0.2, -0.15) is 8.42 Å². The molecule has 6 nitrogen and oxygen atoms in total. The van der Waals surface area contributed by atoms with Gasteiger partial charge in [-0.15, -0.1) is 0 Å². The first-order valence-corrected chi connectivity index (χ1v) is 7.64. The summed E-state index contributed by atoms with van der Waals surface area (Å²) in [6, 6.07) is 11.6. The van der Waals surface area contributed by atoms with Crippen LogP contribution >= 0.6 is 0 Å². The van der Waals surface area contributed by atoms with Gasteiger partial charge in [-0.1, -0.05) is 12.1 Å². The Morgan fingerprint density at radius 2 is 1.64 bits per heavy atom. The zero-order valence-corrected chi connectivity index (χ0v) is 12.8. The van der Waals surface area contributed by atoms with E-state index in [-0.39, 0.29) is 16.2 Å². The van der Waals surface area contributed by atoms with Crippen LogP contribution in [0.15, 0.2) is 53.4 Å². The molecule has 2 rings (SSSR count). The monoisotopic (exact) mass is 322 g/mol. The van der Waals surface area contributed by atoms with Crippen LogP contribution in [-0.4, -0.2) is 28.6 Å². The number of ether oxygens (including phenoxy) is 2. The second-order valence-corrected chi connectivity index (χ2v) is 5.78. The molecule has 0 fully saturated rings. The molecule has 0 spiro atoms. The summed E-state index contributed by atoms with van der Waals surface area (Å²) in [5.41, 5.74) is 0.123. The van der Waals surface area contributed by atoms with Crippen LogP contribution in [0, 0.1) is 0 Å². The molecule has 0 unspecified atom stereocenters. The zero-order chi connectivity index (χ0) is 16.2. The van der Waals surface area contributed by atoms with Crippen LogP contribution in [0.1, 0.15) is 10.4 Å². The summed E-state index contributed by atoms with van der Waals surface area (Å²) in [6.45, 7) is 0. The molecule has 0 saturated heterocycles. The van der Waals surface area contributed by atoms with Gasteiger partial charge in [-0.25, -0.2) is 4.79 Å². The Kier molecular flexibility index (Phi) is 4.67. The molecule has 0 aliphatic heterocycles. The first kappa shape index (κ1) is 15.8. The molecule has 0 aromatic heterocycles. The van der Waals surface area contributed by atoms with Gasteiger partial charge < -0.3 is 13.7 Å². The zero-order valence-electron chi connectivity index (χ0n) is 12.0. The van der Waals surface area contributed by atoms with Crippen molar-refractivity contribution in [3.8, 4) is 11.5 Å². The number of esters is 1. The molecule has 0 radical (unpaired) electrons. The number of carbonyl (C=O) groups is 1. The van der Waals surface area contributed by atoms with Crippen LogP contribution in [0.3, 0.4) is 0 Å². The predicted molar refractivity (Wildman–Crippen MR) is 78.6 cm³/mol. The van der Waals surface area contributed by atoms with Gasteiger partial charge in [0.25, 0.3) is 0 Å². The van der Waals surface area contributed by atoms with Crippen LogP contribution in [0.4, 0.5) is 0 Å². The first-order valence-electron chi connectivity index (χ1n) is 6.23. The smallest absolute Gasteiger partial charge is 0.339 e. The molecule has 0 amide bonds. The normalized spacial score (nSPS) is 10.8. The molecule has 0 saturated carbocycles. The molecule has 7 heteroatoms. The first-order chi connectivity index (χ1) is 10.5. The molecule has 0 aliphatic rings. The lowest BCUT2D eigenvalue weighted by Crippen LogP contribution is -2.11. The number of benzene rings is 2. The minimum atomic E-state index is -4.07. The third-order valence-electron chi connectivity index (χ3n) is 2.79. The molecule has 0 atom stereocenters. The van der Waals surface area contributed by atoms with Crippen LogP contribution in [0.25, 0.3) is 0 Å². The van der Waals surface area contributed by atoms with Crippen molar-refractivity contribution in [1.82, 2.24) is 0 Å². The van der Waals surface area contributed by atoms with E-state index in [0.29, 0.717) is 5.75 Å². The SMILES string of the molecule is COC(=O)c1cccc(S(=O)(=O)Oc2cccc(OC)c2)c1. The number of carbonyl (C=O) groups excluding carboxylic acids is 1. The van der Waals surface area contributed by atoms with E-state index >= 15 is 0 Å². The summed E-state index contributed by atoms with van der Waals surface area (Å²) in [7, 11) is -1.38. The van der Waals surface area contributed by atoms with Crippen molar-refractivity contribution in [2.45, 2.75) is 4.90 Å². The van der Waals surface area contributed by atoms with Crippen molar-refractivity contribution in [2.24, 2.45) is 0 Å². The Morgan fingerprint density at radius 1 is 0.955 bits per heavy atom. The van der Waals surface area contributed by atoms with Gasteiger partial charge in [0, 0.05) is 6.07 Å².